The summed E-state index contributed by atoms with van der Waals surface area (Å²) < 4.78 is 6.29. The minimum absolute atomic E-state index is 0.0731. The maximum atomic E-state index is 12.0. The first-order valence-corrected chi connectivity index (χ1v) is 6.38. The van der Waals surface area contributed by atoms with Crippen LogP contribution in [0.15, 0.2) is 34.8 Å². The summed E-state index contributed by atoms with van der Waals surface area (Å²) in [6, 6.07) is 10.1. The fourth-order valence-electron chi connectivity index (χ4n) is 2.33. The van der Waals surface area contributed by atoms with Crippen LogP contribution in [-0.4, -0.2) is 19.0 Å². The second kappa shape index (κ2) is 4.24. The predicted molar refractivity (Wildman–Crippen MR) is 70.5 cm³/mol. The van der Waals surface area contributed by atoms with Gasteiger partial charge in [-0.1, -0.05) is 40.2 Å². The number of hydrogen-bond acceptors (Lipinski definition) is 2. The van der Waals surface area contributed by atoms with Crippen LogP contribution in [0.2, 0.25) is 0 Å². The highest BCUT2D eigenvalue weighted by atomic mass is 79.9. The Morgan fingerprint density at radius 1 is 1.18 bits per heavy atom. The molecule has 3 rings (SSSR count). The number of ketones is 1. The molecule has 0 bridgehead atoms. The second-order valence-corrected chi connectivity index (χ2v) is 5.01. The molecule has 2 aromatic rings. The van der Waals surface area contributed by atoms with Crippen LogP contribution in [0.1, 0.15) is 15.9 Å². The van der Waals surface area contributed by atoms with Crippen molar-refractivity contribution in [3.63, 3.8) is 0 Å². The molecule has 0 radical (unpaired) electrons. The molecular weight excluding hydrogens is 280 g/mol. The Morgan fingerprint density at radius 3 is 2.76 bits per heavy atom. The van der Waals surface area contributed by atoms with Crippen molar-refractivity contribution in [2.45, 2.75) is 6.42 Å². The first-order valence-electron chi connectivity index (χ1n) is 5.58. The van der Waals surface area contributed by atoms with Crippen LogP contribution < -0.4 is 0 Å². The molecule has 0 aromatic heterocycles. The van der Waals surface area contributed by atoms with Gasteiger partial charge in [0.15, 0.2) is 5.78 Å². The highest BCUT2D eigenvalue weighted by molar-refractivity contribution is 9.10. The van der Waals surface area contributed by atoms with Gasteiger partial charge in [0.1, 0.15) is 6.61 Å². The number of Topliss-reactive ketones (excluding diaryl/α,β-unsaturated/α-hetero) is 1. The predicted octanol–water partition coefficient (Wildman–Crippen LogP) is 3.36. The third-order valence-electron chi connectivity index (χ3n) is 3.14. The molecule has 3 heteroatoms. The van der Waals surface area contributed by atoms with Crippen LogP contribution in [0.4, 0.5) is 0 Å². The number of rotatable bonds is 0. The van der Waals surface area contributed by atoms with Gasteiger partial charge in [-0.3, -0.25) is 4.79 Å². The molecule has 0 unspecified atom stereocenters. The number of hydrogen-bond donors (Lipinski definition) is 0. The largest absolute Gasteiger partial charge is 0.373 e. The van der Waals surface area contributed by atoms with Crippen molar-refractivity contribution < 1.29 is 9.53 Å². The lowest BCUT2D eigenvalue weighted by Crippen LogP contribution is -2.06. The van der Waals surface area contributed by atoms with E-state index in [0.29, 0.717) is 6.61 Å². The smallest absolute Gasteiger partial charge is 0.188 e. The van der Waals surface area contributed by atoms with Crippen molar-refractivity contribution in [1.29, 1.82) is 0 Å². The van der Waals surface area contributed by atoms with E-state index >= 15 is 0 Å². The van der Waals surface area contributed by atoms with Gasteiger partial charge in [0.2, 0.25) is 0 Å². The Labute approximate surface area is 108 Å². The molecule has 0 amide bonds. The quantitative estimate of drug-likeness (QED) is 0.744. The number of fused-ring (bicyclic) bond motifs is 3. The third kappa shape index (κ3) is 1.79. The minimum atomic E-state index is 0.0731. The van der Waals surface area contributed by atoms with Crippen LogP contribution in [0, 0.1) is 0 Å². The molecule has 0 aliphatic carbocycles. The first-order chi connectivity index (χ1) is 8.27. The van der Waals surface area contributed by atoms with Crippen LogP contribution in [0.25, 0.3) is 10.8 Å². The topological polar surface area (TPSA) is 26.3 Å². The molecule has 0 saturated heterocycles. The zero-order valence-electron chi connectivity index (χ0n) is 9.20. The molecule has 0 N–H and O–H groups in total. The second-order valence-electron chi connectivity index (χ2n) is 4.16. The number of halogens is 1. The summed E-state index contributed by atoms with van der Waals surface area (Å²) in [5, 5.41) is 2.30. The maximum absolute atomic E-state index is 12.0. The summed E-state index contributed by atoms with van der Waals surface area (Å²) in [7, 11) is 0. The molecule has 2 aromatic carbocycles. The van der Waals surface area contributed by atoms with E-state index in [9.17, 15) is 4.79 Å². The first kappa shape index (κ1) is 10.9. The molecule has 1 heterocycles. The van der Waals surface area contributed by atoms with E-state index in [0.717, 1.165) is 32.8 Å². The van der Waals surface area contributed by atoms with E-state index in [1.54, 1.807) is 0 Å². The van der Waals surface area contributed by atoms with E-state index < -0.39 is 0 Å². The average Bonchev–Trinajstić information content (AvgIpc) is 2.53. The van der Waals surface area contributed by atoms with Crippen molar-refractivity contribution in [3.05, 3.63) is 45.9 Å². The van der Waals surface area contributed by atoms with Crippen LogP contribution in [0.5, 0.6) is 0 Å². The van der Waals surface area contributed by atoms with Crippen molar-refractivity contribution >= 4 is 32.5 Å². The SMILES string of the molecule is O=C1COCCc2c1cc(Br)c1ccccc21. The van der Waals surface area contributed by atoms with Gasteiger partial charge >= 0.3 is 0 Å². The molecule has 17 heavy (non-hydrogen) atoms. The summed E-state index contributed by atoms with van der Waals surface area (Å²) in [4.78, 5) is 12.0. The lowest BCUT2D eigenvalue weighted by Gasteiger charge is -2.10. The van der Waals surface area contributed by atoms with Crippen molar-refractivity contribution in [3.8, 4) is 0 Å². The van der Waals surface area contributed by atoms with Gasteiger partial charge in [-0.05, 0) is 28.8 Å². The lowest BCUT2D eigenvalue weighted by atomic mass is 9.95. The molecule has 0 atom stereocenters. The van der Waals surface area contributed by atoms with Gasteiger partial charge in [0.25, 0.3) is 0 Å². The number of benzene rings is 2. The van der Waals surface area contributed by atoms with E-state index in [1.165, 1.54) is 0 Å². The van der Waals surface area contributed by atoms with Gasteiger partial charge in [0, 0.05) is 10.0 Å². The highest BCUT2D eigenvalue weighted by Crippen LogP contribution is 2.31. The number of carbonyl (C=O) groups is 1. The Hall–Kier alpha value is -1.19. The molecule has 86 valence electrons. The summed E-state index contributed by atoms with van der Waals surface area (Å²) in [5.74, 6) is 0.0731. The van der Waals surface area contributed by atoms with E-state index in [4.69, 9.17) is 4.74 Å². The third-order valence-corrected chi connectivity index (χ3v) is 3.79. The summed E-state index contributed by atoms with van der Waals surface area (Å²) in [6.45, 7) is 0.808. The van der Waals surface area contributed by atoms with Gasteiger partial charge < -0.3 is 4.74 Å². The van der Waals surface area contributed by atoms with Crippen LogP contribution in [-0.2, 0) is 11.2 Å². The van der Waals surface area contributed by atoms with Crippen LogP contribution in [0.3, 0.4) is 0 Å². The summed E-state index contributed by atoms with van der Waals surface area (Å²) in [6.07, 6.45) is 0.800. The van der Waals surface area contributed by atoms with Crippen molar-refractivity contribution in [2.75, 3.05) is 13.2 Å². The van der Waals surface area contributed by atoms with Crippen LogP contribution >= 0.6 is 15.9 Å². The Morgan fingerprint density at radius 2 is 1.94 bits per heavy atom. The maximum Gasteiger partial charge on any atom is 0.188 e. The van der Waals surface area contributed by atoms with Gasteiger partial charge in [-0.25, -0.2) is 0 Å². The average molecular weight is 291 g/mol. The van der Waals surface area contributed by atoms with Crippen molar-refractivity contribution in [1.82, 2.24) is 0 Å². The fourth-order valence-corrected chi connectivity index (χ4v) is 2.90. The molecule has 1 aliphatic rings. The molecule has 0 fully saturated rings. The normalized spacial score (nSPS) is 15.7. The number of carbonyl (C=O) groups excluding carboxylic acids is 1. The standard InChI is InChI=1S/C14H11BrO2/c15-13-7-12-10(5-6-17-8-14(12)16)9-3-1-2-4-11(9)13/h1-4,7H,5-6,8H2. The molecule has 0 spiro atoms. The Balaban J connectivity index is 2.38. The summed E-state index contributed by atoms with van der Waals surface area (Å²) >= 11 is 3.54. The zero-order valence-corrected chi connectivity index (χ0v) is 10.8. The van der Waals surface area contributed by atoms with Gasteiger partial charge in [-0.15, -0.1) is 0 Å². The highest BCUT2D eigenvalue weighted by Gasteiger charge is 2.19. The van der Waals surface area contributed by atoms with Crippen molar-refractivity contribution in [2.24, 2.45) is 0 Å². The Bertz CT molecular complexity index is 604. The zero-order chi connectivity index (χ0) is 11.8. The lowest BCUT2D eigenvalue weighted by molar-refractivity contribution is 0.0788. The molecular formula is C14H11BrO2. The number of ether oxygens (including phenoxy) is 1. The summed E-state index contributed by atoms with van der Waals surface area (Å²) in [5.41, 5.74) is 1.92. The minimum Gasteiger partial charge on any atom is -0.373 e. The Kier molecular flexibility index (Phi) is 2.73. The van der Waals surface area contributed by atoms with Gasteiger partial charge in [-0.2, -0.15) is 0 Å². The molecule has 2 nitrogen and oxygen atoms in total. The van der Waals surface area contributed by atoms with E-state index in [2.05, 4.69) is 28.1 Å². The molecule has 0 saturated carbocycles. The molecule has 1 aliphatic heterocycles. The van der Waals surface area contributed by atoms with E-state index in [-0.39, 0.29) is 12.4 Å². The monoisotopic (exact) mass is 290 g/mol. The van der Waals surface area contributed by atoms with E-state index in [1.807, 2.05) is 18.2 Å². The van der Waals surface area contributed by atoms with Gasteiger partial charge in [0.05, 0.1) is 6.61 Å². The fraction of sp³-hybridized carbons (Fsp3) is 0.214.